The maximum Gasteiger partial charge on any atom is 0.282 e. The summed E-state index contributed by atoms with van der Waals surface area (Å²) in [5.74, 6) is 0.878. The number of likely N-dealkylation sites (tertiary alicyclic amines) is 2. The number of halogens is 1. The van der Waals surface area contributed by atoms with Crippen molar-refractivity contribution in [1.82, 2.24) is 35.0 Å². The van der Waals surface area contributed by atoms with Gasteiger partial charge in [0.15, 0.2) is 0 Å². The highest BCUT2D eigenvalue weighted by atomic mass is 35.5. The molecule has 5 heterocycles. The van der Waals surface area contributed by atoms with Gasteiger partial charge in [0.1, 0.15) is 17.9 Å². The van der Waals surface area contributed by atoms with Gasteiger partial charge in [0.2, 0.25) is 17.7 Å². The first kappa shape index (κ1) is 48.7. The van der Waals surface area contributed by atoms with Gasteiger partial charge in [-0.1, -0.05) is 94.1 Å². The number of piperidine rings is 1. The maximum absolute atomic E-state index is 14.4. The number of aliphatic hydroxyl groups excluding tert-OH is 1. The Balaban J connectivity index is 0.732. The van der Waals surface area contributed by atoms with Crippen LogP contribution in [-0.4, -0.2) is 91.5 Å². The smallest absolute Gasteiger partial charge is 0.282 e. The zero-order valence-corrected chi connectivity index (χ0v) is 42.9. The van der Waals surface area contributed by atoms with Crippen molar-refractivity contribution < 1.29 is 19.5 Å². The van der Waals surface area contributed by atoms with Gasteiger partial charge in [0, 0.05) is 25.4 Å². The lowest BCUT2D eigenvalue weighted by atomic mass is 9.69. The molecule has 5 aromatic rings. The lowest BCUT2D eigenvalue weighted by molar-refractivity contribution is -0.145. The van der Waals surface area contributed by atoms with Gasteiger partial charge in [-0.05, 0) is 136 Å². The zero-order valence-electron chi connectivity index (χ0n) is 41.3. The number of benzene rings is 3. The van der Waals surface area contributed by atoms with Crippen LogP contribution in [0.3, 0.4) is 0 Å². The van der Waals surface area contributed by atoms with Crippen LogP contribution in [0.15, 0.2) is 71.0 Å². The molecule has 4 atom stereocenters. The number of carbonyl (C=O) groups excluding carboxylic acids is 3. The Morgan fingerprint density at radius 1 is 0.929 bits per heavy atom. The molecule has 3 aromatic carbocycles. The maximum atomic E-state index is 14.4. The van der Waals surface area contributed by atoms with Crippen LogP contribution in [-0.2, 0) is 19.8 Å². The molecule has 0 radical (unpaired) electrons. The molecule has 370 valence electrons. The van der Waals surface area contributed by atoms with Crippen LogP contribution in [0.4, 0.5) is 0 Å². The van der Waals surface area contributed by atoms with Crippen molar-refractivity contribution in [2.45, 2.75) is 147 Å². The Kier molecular flexibility index (Phi) is 13.6. The third kappa shape index (κ3) is 9.24. The van der Waals surface area contributed by atoms with E-state index in [1.807, 2.05) is 76.5 Å². The van der Waals surface area contributed by atoms with Crippen molar-refractivity contribution in [1.29, 1.82) is 0 Å². The Morgan fingerprint density at radius 2 is 1.66 bits per heavy atom. The fourth-order valence-corrected chi connectivity index (χ4v) is 13.7. The highest BCUT2D eigenvalue weighted by molar-refractivity contribution is 7.13. The third-order valence-corrected chi connectivity index (χ3v) is 17.9. The monoisotopic (exact) mass is 985 g/mol. The molecule has 3 amide bonds. The molecule has 3 aliphatic heterocycles. The predicted molar refractivity (Wildman–Crippen MR) is 276 cm³/mol. The molecule has 2 saturated carbocycles. The highest BCUT2D eigenvalue weighted by Crippen LogP contribution is 2.52. The summed E-state index contributed by atoms with van der Waals surface area (Å²) < 4.78 is 2.25. The van der Waals surface area contributed by atoms with E-state index >= 15 is 0 Å². The van der Waals surface area contributed by atoms with Crippen molar-refractivity contribution in [2.24, 2.45) is 17.3 Å². The highest BCUT2D eigenvalue weighted by Gasteiger charge is 2.48. The number of hydrogen-bond acceptors (Lipinski definition) is 9. The molecule has 12 nitrogen and oxygen atoms in total. The molecule has 2 aromatic heterocycles. The largest absolute Gasteiger partial charge is 0.391 e. The SMILES string of the molecule is Cc1ncsc1-c1ccc([C@H](C)NC(=O)[C@@H]2C[C@@H](O)CN2C(=O)[C@@H](NC(=O)C2CCC(CN3CCC(c4ccc5c(c4)-n4c(nc(=O)c6c(Cl)cccc64)C54CCCCC4)CC3)CC2)C(C)(C)C)cc1. The number of nitrogens with one attached hydrogen (secondary N) is 2. The summed E-state index contributed by atoms with van der Waals surface area (Å²) >= 11 is 8.23. The molecule has 5 aliphatic rings. The van der Waals surface area contributed by atoms with Crippen molar-refractivity contribution in [2.75, 3.05) is 26.2 Å². The number of aromatic nitrogens is 3. The van der Waals surface area contributed by atoms with E-state index in [2.05, 4.69) is 43.3 Å². The first-order valence-electron chi connectivity index (χ1n) is 25.8. The Bertz CT molecular complexity index is 2830. The standard InChI is InChI=1S/C56H68ClN7O5S/c1-33(36-16-18-38(19-17-36)48-34(2)58-32-70-48)59-51(67)46-29-41(65)31-63(46)53(69)49(55(3,4)5)60-50(66)39-14-12-35(13-15-39)30-62-26-22-37(23-27-62)40-20-21-42-45(28-40)64-44-11-9-10-43(57)47(44)52(68)61-54(64)56(42)24-7-6-8-25-56/h9-11,16-21,28,32-33,35,37,39,41,46,49,65H,6-8,12-15,22-27,29-31H2,1-5H3,(H,59,67)(H,60,66)/t33-,35?,39?,41+,46-,49+/m0/s1. The van der Waals surface area contributed by atoms with Crippen LogP contribution in [0, 0.1) is 24.2 Å². The van der Waals surface area contributed by atoms with Crippen LogP contribution < -0.4 is 16.2 Å². The fourth-order valence-electron chi connectivity index (χ4n) is 12.6. The summed E-state index contributed by atoms with van der Waals surface area (Å²) in [6.45, 7) is 12.8. The summed E-state index contributed by atoms with van der Waals surface area (Å²) in [6, 6.07) is 18.8. The van der Waals surface area contributed by atoms with Crippen LogP contribution in [0.1, 0.15) is 145 Å². The molecule has 14 heteroatoms. The first-order chi connectivity index (χ1) is 33.6. The number of aryl methyl sites for hydroxylation is 1. The van der Waals surface area contributed by atoms with E-state index in [0.717, 1.165) is 123 Å². The molecule has 3 N–H and O–H groups in total. The van der Waals surface area contributed by atoms with E-state index in [9.17, 15) is 24.3 Å². The van der Waals surface area contributed by atoms with Gasteiger partial charge >= 0.3 is 0 Å². The second-order valence-corrected chi connectivity index (χ2v) is 23.5. The van der Waals surface area contributed by atoms with Crippen molar-refractivity contribution >= 4 is 51.6 Å². The average molecular weight is 987 g/mol. The van der Waals surface area contributed by atoms with E-state index in [1.54, 1.807) is 17.4 Å². The number of β-amino-alcohol motifs (C(OH)–C–C–N with tert-alkyl or cyclic N) is 1. The van der Waals surface area contributed by atoms with Crippen LogP contribution >= 0.6 is 22.9 Å². The van der Waals surface area contributed by atoms with E-state index in [0.29, 0.717) is 22.2 Å². The molecule has 0 bridgehead atoms. The number of nitrogens with zero attached hydrogens (tertiary/aromatic N) is 5. The molecule has 0 unspecified atom stereocenters. The molecule has 10 rings (SSSR count). The predicted octanol–water partition coefficient (Wildman–Crippen LogP) is 9.39. The second kappa shape index (κ2) is 19.6. The Hall–Kier alpha value is -4.95. The van der Waals surface area contributed by atoms with E-state index < -0.39 is 23.6 Å². The summed E-state index contributed by atoms with van der Waals surface area (Å²) in [6.07, 6.45) is 10.3. The van der Waals surface area contributed by atoms with E-state index in [4.69, 9.17) is 16.6 Å². The summed E-state index contributed by atoms with van der Waals surface area (Å²) in [5.41, 5.74) is 8.35. The number of thiazole rings is 1. The molecular formula is C56H68ClN7O5S. The normalized spacial score (nSPS) is 23.5. The van der Waals surface area contributed by atoms with Crippen molar-refractivity contribution in [3.8, 4) is 16.1 Å². The average Bonchev–Trinajstić information content (AvgIpc) is 4.04. The molecule has 70 heavy (non-hydrogen) atoms. The summed E-state index contributed by atoms with van der Waals surface area (Å²) in [4.78, 5) is 70.1. The van der Waals surface area contributed by atoms with Gasteiger partial charge in [0.25, 0.3) is 5.56 Å². The lowest BCUT2D eigenvalue weighted by Gasteiger charge is -2.38. The lowest BCUT2D eigenvalue weighted by Crippen LogP contribution is -2.58. The Morgan fingerprint density at radius 3 is 2.34 bits per heavy atom. The number of amides is 3. The second-order valence-electron chi connectivity index (χ2n) is 22.2. The molecule has 4 fully saturated rings. The third-order valence-electron chi connectivity index (χ3n) is 16.6. The van der Waals surface area contributed by atoms with Gasteiger partial charge in [-0.25, -0.2) is 4.98 Å². The minimum Gasteiger partial charge on any atom is -0.391 e. The first-order valence-corrected chi connectivity index (χ1v) is 27.0. The molecule has 2 aliphatic carbocycles. The molecule has 1 spiro atoms. The number of aliphatic hydroxyl groups is 1. The van der Waals surface area contributed by atoms with Gasteiger partial charge in [-0.2, -0.15) is 4.98 Å². The van der Waals surface area contributed by atoms with Crippen LogP contribution in [0.25, 0.3) is 27.0 Å². The van der Waals surface area contributed by atoms with Crippen LogP contribution in [0.2, 0.25) is 5.02 Å². The Labute approximate surface area is 420 Å². The quantitative estimate of drug-likeness (QED) is 0.125. The summed E-state index contributed by atoms with van der Waals surface area (Å²) in [7, 11) is 0. The topological polar surface area (TPSA) is 150 Å². The number of hydrogen-bond donors (Lipinski definition) is 3. The fraction of sp³-hybridized carbons (Fsp3) is 0.536. The van der Waals surface area contributed by atoms with Crippen molar-refractivity contribution in [3.05, 3.63) is 110 Å². The van der Waals surface area contributed by atoms with Crippen LogP contribution in [0.5, 0.6) is 0 Å². The van der Waals surface area contributed by atoms with Gasteiger partial charge in [0.05, 0.1) is 55.3 Å². The number of rotatable bonds is 10. The number of fused-ring (bicyclic) bond motifs is 7. The zero-order chi connectivity index (χ0) is 49.1. The minimum absolute atomic E-state index is 0.0373. The minimum atomic E-state index is -0.854. The number of carbonyl (C=O) groups is 3. The van der Waals surface area contributed by atoms with Gasteiger partial charge < -0.3 is 25.5 Å². The molecular weight excluding hydrogens is 918 g/mol. The van der Waals surface area contributed by atoms with Crippen molar-refractivity contribution in [3.63, 3.8) is 0 Å². The molecule has 2 saturated heterocycles. The van der Waals surface area contributed by atoms with Gasteiger partial charge in [-0.3, -0.25) is 23.7 Å². The van der Waals surface area contributed by atoms with E-state index in [-0.39, 0.29) is 53.6 Å². The summed E-state index contributed by atoms with van der Waals surface area (Å²) in [5, 5.41) is 18.0. The van der Waals surface area contributed by atoms with Gasteiger partial charge in [-0.15, -0.1) is 11.3 Å². The van der Waals surface area contributed by atoms with E-state index in [1.165, 1.54) is 22.4 Å².